The largest absolute Gasteiger partial charge is 0.376 e. The van der Waals surface area contributed by atoms with E-state index in [9.17, 15) is 18.0 Å². The molecule has 170 valence electrons. The van der Waals surface area contributed by atoms with Crippen molar-refractivity contribution < 1.29 is 22.7 Å². The fourth-order valence-electron chi connectivity index (χ4n) is 4.47. The topological polar surface area (TPSA) is 96.0 Å². The molecule has 1 aromatic rings. The molecule has 0 aromatic heterocycles. The summed E-state index contributed by atoms with van der Waals surface area (Å²) in [6.07, 6.45) is 3.92. The predicted octanol–water partition coefficient (Wildman–Crippen LogP) is 1.76. The third-order valence-corrected chi connectivity index (χ3v) is 8.47. The van der Waals surface area contributed by atoms with Crippen LogP contribution in [0.1, 0.15) is 39.0 Å². The Balaban J connectivity index is 1.37. The molecule has 0 saturated carbocycles. The van der Waals surface area contributed by atoms with Gasteiger partial charge in [-0.3, -0.25) is 9.59 Å². The van der Waals surface area contributed by atoms with E-state index in [1.54, 1.807) is 29.2 Å². The highest BCUT2D eigenvalue weighted by molar-refractivity contribution is 7.89. The predicted molar refractivity (Wildman–Crippen MR) is 116 cm³/mol. The lowest BCUT2D eigenvalue weighted by molar-refractivity contribution is -0.126. The first-order chi connectivity index (χ1) is 14.8. The number of ether oxygens (including phenoxy) is 1. The molecule has 1 aromatic carbocycles. The minimum atomic E-state index is -3.53. The van der Waals surface area contributed by atoms with Crippen LogP contribution in [0.2, 0.25) is 0 Å². The van der Waals surface area contributed by atoms with Gasteiger partial charge in [0.1, 0.15) is 0 Å². The van der Waals surface area contributed by atoms with Gasteiger partial charge in [0.15, 0.2) is 0 Å². The summed E-state index contributed by atoms with van der Waals surface area (Å²) in [5, 5.41) is 2.90. The number of hydrogen-bond acceptors (Lipinski definition) is 5. The zero-order valence-corrected chi connectivity index (χ0v) is 18.8. The van der Waals surface area contributed by atoms with E-state index in [4.69, 9.17) is 4.74 Å². The molecule has 4 rings (SSSR count). The molecule has 3 saturated heterocycles. The number of benzene rings is 1. The van der Waals surface area contributed by atoms with Crippen molar-refractivity contribution >= 4 is 27.5 Å². The number of hydrogen-bond donors (Lipinski definition) is 1. The van der Waals surface area contributed by atoms with Crippen LogP contribution >= 0.6 is 0 Å². The molecule has 2 unspecified atom stereocenters. The summed E-state index contributed by atoms with van der Waals surface area (Å²) in [7, 11) is -3.53. The maximum atomic E-state index is 12.9. The first-order valence-electron chi connectivity index (χ1n) is 11.1. The molecule has 9 heteroatoms. The van der Waals surface area contributed by atoms with Crippen molar-refractivity contribution in [2.45, 2.75) is 50.0 Å². The number of nitrogens with one attached hydrogen (secondary N) is 1. The zero-order valence-electron chi connectivity index (χ0n) is 18.0. The summed E-state index contributed by atoms with van der Waals surface area (Å²) in [6.45, 7) is 4.73. The summed E-state index contributed by atoms with van der Waals surface area (Å²) in [4.78, 5) is 26.8. The second-order valence-corrected chi connectivity index (χ2v) is 10.8. The van der Waals surface area contributed by atoms with Gasteiger partial charge >= 0.3 is 0 Å². The van der Waals surface area contributed by atoms with E-state index in [0.717, 1.165) is 32.3 Å². The highest BCUT2D eigenvalue weighted by Crippen LogP contribution is 2.28. The van der Waals surface area contributed by atoms with Gasteiger partial charge < -0.3 is 15.0 Å². The number of carbonyl (C=O) groups excluding carboxylic acids is 2. The van der Waals surface area contributed by atoms with Gasteiger partial charge in [0, 0.05) is 44.9 Å². The normalized spacial score (nSPS) is 25.8. The van der Waals surface area contributed by atoms with E-state index in [2.05, 4.69) is 12.2 Å². The summed E-state index contributed by atoms with van der Waals surface area (Å²) in [5.74, 6) is -0.124. The minimum absolute atomic E-state index is 0.0646. The molecule has 3 heterocycles. The van der Waals surface area contributed by atoms with Crippen molar-refractivity contribution in [1.82, 2.24) is 9.62 Å². The summed E-state index contributed by atoms with van der Waals surface area (Å²) in [5.41, 5.74) is 0.616. The summed E-state index contributed by atoms with van der Waals surface area (Å²) >= 11 is 0. The second-order valence-electron chi connectivity index (χ2n) is 8.87. The highest BCUT2D eigenvalue weighted by atomic mass is 32.2. The Kier molecular flexibility index (Phi) is 6.64. The number of piperidine rings is 1. The van der Waals surface area contributed by atoms with Crippen molar-refractivity contribution in [3.8, 4) is 0 Å². The van der Waals surface area contributed by atoms with Gasteiger partial charge in [-0.05, 0) is 55.9 Å². The van der Waals surface area contributed by atoms with E-state index in [1.807, 2.05) is 0 Å². The van der Waals surface area contributed by atoms with Crippen LogP contribution in [0.15, 0.2) is 29.2 Å². The maximum Gasteiger partial charge on any atom is 0.243 e. The summed E-state index contributed by atoms with van der Waals surface area (Å²) < 4.78 is 32.9. The lowest BCUT2D eigenvalue weighted by atomic mass is 10.0. The maximum absolute atomic E-state index is 12.9. The van der Waals surface area contributed by atoms with Crippen molar-refractivity contribution in [2.24, 2.45) is 11.8 Å². The lowest BCUT2D eigenvalue weighted by Crippen LogP contribution is -2.38. The molecule has 31 heavy (non-hydrogen) atoms. The smallest absolute Gasteiger partial charge is 0.243 e. The summed E-state index contributed by atoms with van der Waals surface area (Å²) in [6, 6.07) is 6.43. The number of amides is 2. The Morgan fingerprint density at radius 1 is 1.16 bits per heavy atom. The molecule has 1 N–H and O–H groups in total. The molecular weight excluding hydrogens is 418 g/mol. The van der Waals surface area contributed by atoms with Crippen molar-refractivity contribution in [3.05, 3.63) is 24.3 Å². The fraction of sp³-hybridized carbons (Fsp3) is 0.636. The highest BCUT2D eigenvalue weighted by Gasteiger charge is 2.36. The first kappa shape index (κ1) is 22.2. The van der Waals surface area contributed by atoms with Gasteiger partial charge in [-0.15, -0.1) is 0 Å². The number of sulfonamides is 1. The van der Waals surface area contributed by atoms with Crippen LogP contribution in [0.25, 0.3) is 0 Å². The van der Waals surface area contributed by atoms with Gasteiger partial charge in [-0.25, -0.2) is 8.42 Å². The van der Waals surface area contributed by atoms with Crippen LogP contribution in [0.3, 0.4) is 0 Å². The van der Waals surface area contributed by atoms with Gasteiger partial charge in [0.2, 0.25) is 21.8 Å². The number of carbonyl (C=O) groups is 2. The number of anilines is 1. The van der Waals surface area contributed by atoms with Crippen LogP contribution in [0, 0.1) is 11.8 Å². The molecule has 3 aliphatic heterocycles. The molecule has 0 bridgehead atoms. The van der Waals surface area contributed by atoms with Crippen molar-refractivity contribution in [3.63, 3.8) is 0 Å². The minimum Gasteiger partial charge on any atom is -0.376 e. The Morgan fingerprint density at radius 2 is 1.87 bits per heavy atom. The molecule has 2 atom stereocenters. The van der Waals surface area contributed by atoms with Crippen LogP contribution in [0.4, 0.5) is 5.69 Å². The number of rotatable bonds is 6. The zero-order chi connectivity index (χ0) is 22.0. The molecule has 0 aliphatic carbocycles. The Morgan fingerprint density at radius 3 is 2.52 bits per heavy atom. The molecule has 3 fully saturated rings. The van der Waals surface area contributed by atoms with E-state index in [0.29, 0.717) is 37.8 Å². The van der Waals surface area contributed by atoms with Gasteiger partial charge in [-0.2, -0.15) is 4.31 Å². The molecule has 2 amide bonds. The van der Waals surface area contributed by atoms with Gasteiger partial charge in [0.25, 0.3) is 0 Å². The molecule has 3 aliphatic rings. The first-order valence-corrected chi connectivity index (χ1v) is 12.6. The second kappa shape index (κ2) is 9.26. The Bertz CT molecular complexity index is 904. The third-order valence-electron chi connectivity index (χ3n) is 6.55. The lowest BCUT2D eigenvalue weighted by Gasteiger charge is -2.29. The van der Waals surface area contributed by atoms with Crippen LogP contribution < -0.4 is 10.2 Å². The SMILES string of the molecule is CC1CCN(S(=O)(=O)c2ccc(N3CC(C(=O)NCC4CCCO4)CC3=O)cc2)CC1. The molecular formula is C22H31N3O5S. The van der Waals surface area contributed by atoms with Crippen LogP contribution in [-0.4, -0.2) is 63.4 Å². The Hall–Kier alpha value is -1.97. The average Bonchev–Trinajstić information content (AvgIpc) is 3.42. The third kappa shape index (κ3) is 4.94. The average molecular weight is 450 g/mol. The van der Waals surface area contributed by atoms with Gasteiger partial charge in [0.05, 0.1) is 16.9 Å². The molecule has 0 spiro atoms. The fourth-order valence-corrected chi connectivity index (χ4v) is 5.94. The van der Waals surface area contributed by atoms with E-state index < -0.39 is 15.9 Å². The van der Waals surface area contributed by atoms with Gasteiger partial charge in [-0.1, -0.05) is 6.92 Å². The molecule has 0 radical (unpaired) electrons. The quantitative estimate of drug-likeness (QED) is 0.714. The van der Waals surface area contributed by atoms with Crippen molar-refractivity contribution in [2.75, 3.05) is 37.7 Å². The van der Waals surface area contributed by atoms with Crippen LogP contribution in [0.5, 0.6) is 0 Å². The standard InChI is InChI=1S/C22H31N3O5S/c1-16-8-10-24(11-9-16)31(28,29)20-6-4-18(5-7-20)25-15-17(13-21(25)26)22(27)23-14-19-3-2-12-30-19/h4-7,16-17,19H,2-3,8-15H2,1H3,(H,23,27). The van der Waals surface area contributed by atoms with Crippen LogP contribution in [-0.2, 0) is 24.3 Å². The van der Waals surface area contributed by atoms with Crippen molar-refractivity contribution in [1.29, 1.82) is 0 Å². The monoisotopic (exact) mass is 449 g/mol. The van der Waals surface area contributed by atoms with E-state index in [-0.39, 0.29) is 29.2 Å². The molecule has 8 nitrogen and oxygen atoms in total. The Labute approximate surface area is 184 Å². The number of nitrogens with zero attached hydrogens (tertiary/aromatic N) is 2. The van der Waals surface area contributed by atoms with E-state index in [1.165, 1.54) is 4.31 Å². The van der Waals surface area contributed by atoms with E-state index >= 15 is 0 Å².